The van der Waals surface area contributed by atoms with E-state index in [1.807, 2.05) is 6.07 Å². The molecule has 0 bridgehead atoms. The number of nitrogens with two attached hydrogens (primary N) is 1. The molecule has 96 valence electrons. The lowest BCUT2D eigenvalue weighted by Gasteiger charge is -2.31. The summed E-state index contributed by atoms with van der Waals surface area (Å²) < 4.78 is 13.2. The number of hydrogen-bond donors (Lipinski definition) is 1. The average Bonchev–Trinajstić information content (AvgIpc) is 2.29. The Hall–Kier alpha value is -0.540. The molecule has 1 aromatic carbocycles. The van der Waals surface area contributed by atoms with E-state index >= 15 is 0 Å². The zero-order valence-corrected chi connectivity index (χ0v) is 11.5. The molecule has 0 radical (unpaired) electrons. The summed E-state index contributed by atoms with van der Waals surface area (Å²) in [4.78, 5) is 0.984. The van der Waals surface area contributed by atoms with E-state index in [-0.39, 0.29) is 10.6 Å². The van der Waals surface area contributed by atoms with E-state index in [9.17, 15) is 4.39 Å². The number of hydrogen-bond acceptors (Lipinski definition) is 2. The maximum atomic E-state index is 13.2. The van der Waals surface area contributed by atoms with E-state index in [1.54, 1.807) is 23.9 Å². The molecule has 0 aliphatic rings. The molecule has 0 saturated heterocycles. The Balaban J connectivity index is 2.84. The first-order valence-corrected chi connectivity index (χ1v) is 7.12. The predicted octanol–water partition coefficient (Wildman–Crippen LogP) is 4.22. The van der Waals surface area contributed by atoms with E-state index in [1.165, 1.54) is 6.07 Å². The second-order valence-corrected chi connectivity index (χ2v) is 5.99. The van der Waals surface area contributed by atoms with Gasteiger partial charge in [-0.2, -0.15) is 0 Å². The molecule has 0 spiro atoms. The molecule has 0 amide bonds. The maximum Gasteiger partial charge on any atom is 0.124 e. The van der Waals surface area contributed by atoms with Crippen LogP contribution in [0.5, 0.6) is 0 Å². The summed E-state index contributed by atoms with van der Waals surface area (Å²) in [7, 11) is 0. The summed E-state index contributed by atoms with van der Waals surface area (Å²) in [6, 6.07) is 6.80. The van der Waals surface area contributed by atoms with Crippen LogP contribution in [-0.4, -0.2) is 11.3 Å². The fraction of sp³-hybridized carbons (Fsp3) is 0.571. The van der Waals surface area contributed by atoms with Gasteiger partial charge in [0.05, 0.1) is 0 Å². The van der Waals surface area contributed by atoms with Crippen molar-refractivity contribution in [3.05, 3.63) is 30.1 Å². The Morgan fingerprint density at radius 2 is 1.88 bits per heavy atom. The Kier molecular flexibility index (Phi) is 6.00. The van der Waals surface area contributed by atoms with Gasteiger partial charge in [-0.1, -0.05) is 32.8 Å². The molecule has 3 heteroatoms. The van der Waals surface area contributed by atoms with Crippen LogP contribution in [0.25, 0.3) is 0 Å². The average molecular weight is 255 g/mol. The van der Waals surface area contributed by atoms with Crippen LogP contribution in [0.3, 0.4) is 0 Å². The van der Waals surface area contributed by atoms with Crippen LogP contribution in [0.1, 0.15) is 39.5 Å². The van der Waals surface area contributed by atoms with Gasteiger partial charge in [-0.05, 0) is 31.0 Å². The molecule has 0 saturated carbocycles. The van der Waals surface area contributed by atoms with Gasteiger partial charge >= 0.3 is 0 Å². The summed E-state index contributed by atoms with van der Waals surface area (Å²) in [5, 5.41) is 0. The van der Waals surface area contributed by atoms with Crippen molar-refractivity contribution in [3.63, 3.8) is 0 Å². The zero-order valence-electron chi connectivity index (χ0n) is 10.7. The summed E-state index contributed by atoms with van der Waals surface area (Å²) in [5.41, 5.74) is 5.95. The van der Waals surface area contributed by atoms with Crippen LogP contribution in [0.4, 0.5) is 4.39 Å². The quantitative estimate of drug-likeness (QED) is 0.738. The first-order valence-electron chi connectivity index (χ1n) is 6.30. The lowest BCUT2D eigenvalue weighted by molar-refractivity contribution is 0.497. The summed E-state index contributed by atoms with van der Waals surface area (Å²) in [6.07, 6.45) is 4.38. The second-order valence-electron chi connectivity index (χ2n) is 4.45. The highest BCUT2D eigenvalue weighted by atomic mass is 32.2. The number of benzene rings is 1. The van der Waals surface area contributed by atoms with E-state index in [4.69, 9.17) is 5.73 Å². The molecule has 0 heterocycles. The molecule has 0 aromatic heterocycles. The van der Waals surface area contributed by atoms with Gasteiger partial charge in [0.1, 0.15) is 5.82 Å². The fourth-order valence-electron chi connectivity index (χ4n) is 2.16. The van der Waals surface area contributed by atoms with Gasteiger partial charge in [0.25, 0.3) is 0 Å². The topological polar surface area (TPSA) is 26.0 Å². The van der Waals surface area contributed by atoms with Crippen LogP contribution in [-0.2, 0) is 0 Å². The molecular weight excluding hydrogens is 233 g/mol. The van der Waals surface area contributed by atoms with E-state index in [0.717, 1.165) is 30.6 Å². The number of halogens is 1. The van der Waals surface area contributed by atoms with Crippen molar-refractivity contribution in [2.24, 2.45) is 5.73 Å². The molecule has 1 rings (SSSR count). The van der Waals surface area contributed by atoms with Gasteiger partial charge in [0, 0.05) is 16.2 Å². The third kappa shape index (κ3) is 4.32. The van der Waals surface area contributed by atoms with E-state index in [0.29, 0.717) is 6.54 Å². The van der Waals surface area contributed by atoms with Gasteiger partial charge in [-0.25, -0.2) is 4.39 Å². The minimum absolute atomic E-state index is 0.0668. The van der Waals surface area contributed by atoms with Gasteiger partial charge in [0.2, 0.25) is 0 Å². The Bertz CT molecular complexity index is 335. The minimum Gasteiger partial charge on any atom is -0.329 e. The normalized spacial score (nSPS) is 11.8. The summed E-state index contributed by atoms with van der Waals surface area (Å²) >= 11 is 1.73. The van der Waals surface area contributed by atoms with Crippen molar-refractivity contribution >= 4 is 11.8 Å². The Morgan fingerprint density at radius 1 is 1.24 bits per heavy atom. The third-order valence-electron chi connectivity index (χ3n) is 2.91. The Labute approximate surface area is 108 Å². The van der Waals surface area contributed by atoms with Gasteiger partial charge < -0.3 is 5.73 Å². The molecule has 1 aromatic rings. The molecule has 2 N–H and O–H groups in total. The van der Waals surface area contributed by atoms with Crippen molar-refractivity contribution in [1.29, 1.82) is 0 Å². The first kappa shape index (κ1) is 14.5. The highest BCUT2D eigenvalue weighted by Crippen LogP contribution is 2.39. The highest BCUT2D eigenvalue weighted by Gasteiger charge is 2.28. The highest BCUT2D eigenvalue weighted by molar-refractivity contribution is 8.00. The molecule has 0 aliphatic heterocycles. The molecule has 0 atom stereocenters. The second kappa shape index (κ2) is 7.02. The molecule has 1 nitrogen and oxygen atoms in total. The molecule has 0 aliphatic carbocycles. The maximum absolute atomic E-state index is 13.2. The number of rotatable bonds is 7. The Morgan fingerprint density at radius 3 is 2.35 bits per heavy atom. The van der Waals surface area contributed by atoms with Crippen LogP contribution >= 0.6 is 11.8 Å². The van der Waals surface area contributed by atoms with E-state index < -0.39 is 0 Å². The lowest BCUT2D eigenvalue weighted by atomic mass is 9.97. The SMILES string of the molecule is CCCC(CN)(CCC)Sc1cccc(F)c1. The summed E-state index contributed by atoms with van der Waals surface area (Å²) in [6.45, 7) is 4.99. The van der Waals surface area contributed by atoms with Crippen molar-refractivity contribution in [3.8, 4) is 0 Å². The van der Waals surface area contributed by atoms with E-state index in [2.05, 4.69) is 13.8 Å². The van der Waals surface area contributed by atoms with Crippen molar-refractivity contribution in [1.82, 2.24) is 0 Å². The third-order valence-corrected chi connectivity index (χ3v) is 4.41. The molecule has 17 heavy (non-hydrogen) atoms. The molecular formula is C14H22FNS. The fourth-order valence-corrected chi connectivity index (χ4v) is 3.68. The van der Waals surface area contributed by atoms with Crippen molar-refractivity contribution in [2.45, 2.75) is 49.2 Å². The van der Waals surface area contributed by atoms with Crippen LogP contribution in [0.15, 0.2) is 29.2 Å². The van der Waals surface area contributed by atoms with Gasteiger partial charge in [-0.15, -0.1) is 11.8 Å². The standard InChI is InChI=1S/C14H22FNS/c1-3-8-14(11-16,9-4-2)17-13-7-5-6-12(15)10-13/h5-7,10H,3-4,8-9,11,16H2,1-2H3. The monoisotopic (exact) mass is 255 g/mol. The van der Waals surface area contributed by atoms with Crippen molar-refractivity contribution < 1.29 is 4.39 Å². The first-order chi connectivity index (χ1) is 8.15. The van der Waals surface area contributed by atoms with Crippen molar-refractivity contribution in [2.75, 3.05) is 6.54 Å². The molecule has 0 unspecified atom stereocenters. The predicted molar refractivity (Wildman–Crippen MR) is 73.9 cm³/mol. The van der Waals surface area contributed by atoms with Gasteiger partial charge in [0.15, 0.2) is 0 Å². The van der Waals surface area contributed by atoms with Crippen LogP contribution in [0.2, 0.25) is 0 Å². The van der Waals surface area contributed by atoms with Gasteiger partial charge in [-0.3, -0.25) is 0 Å². The molecule has 0 fully saturated rings. The minimum atomic E-state index is -0.172. The number of thioether (sulfide) groups is 1. The lowest BCUT2D eigenvalue weighted by Crippen LogP contribution is -2.34. The van der Waals surface area contributed by atoms with Crippen LogP contribution < -0.4 is 5.73 Å². The smallest absolute Gasteiger partial charge is 0.124 e. The van der Waals surface area contributed by atoms with Crippen LogP contribution in [0, 0.1) is 5.82 Å². The largest absolute Gasteiger partial charge is 0.329 e. The zero-order chi connectivity index (χ0) is 12.7. The summed E-state index contributed by atoms with van der Waals surface area (Å²) in [5.74, 6) is -0.172.